The smallest absolute Gasteiger partial charge is 0.227 e. The van der Waals surface area contributed by atoms with Gasteiger partial charge >= 0.3 is 0 Å². The second kappa shape index (κ2) is 7.29. The SMILES string of the molecule is CC(C)NCCCC(=O)N1CCCOc2ccccc21. The summed E-state index contributed by atoms with van der Waals surface area (Å²) in [5, 5.41) is 3.34. The van der Waals surface area contributed by atoms with E-state index in [0.717, 1.165) is 37.4 Å². The number of para-hydroxylation sites is 2. The Kier molecular flexibility index (Phi) is 5.41. The Morgan fingerprint density at radius 3 is 3.00 bits per heavy atom. The molecule has 1 aromatic rings. The predicted octanol–water partition coefficient (Wildman–Crippen LogP) is 2.58. The van der Waals surface area contributed by atoms with Crippen molar-refractivity contribution in [2.45, 2.75) is 39.2 Å². The Morgan fingerprint density at radius 1 is 1.40 bits per heavy atom. The molecule has 0 atom stereocenters. The van der Waals surface area contributed by atoms with E-state index in [-0.39, 0.29) is 5.91 Å². The molecule has 0 radical (unpaired) electrons. The fourth-order valence-electron chi connectivity index (χ4n) is 2.35. The molecule has 0 fully saturated rings. The van der Waals surface area contributed by atoms with Gasteiger partial charge in [-0.3, -0.25) is 4.79 Å². The zero-order chi connectivity index (χ0) is 14.4. The van der Waals surface area contributed by atoms with Crippen LogP contribution in [0, 0.1) is 0 Å². The van der Waals surface area contributed by atoms with Crippen molar-refractivity contribution in [2.24, 2.45) is 0 Å². The van der Waals surface area contributed by atoms with Gasteiger partial charge in [0.2, 0.25) is 5.91 Å². The molecule has 110 valence electrons. The monoisotopic (exact) mass is 276 g/mol. The standard InChI is InChI=1S/C16H24N2O2/c1-13(2)17-10-5-9-16(19)18-11-6-12-20-15-8-4-3-7-14(15)18/h3-4,7-8,13,17H,5-6,9-12H2,1-2H3. The van der Waals surface area contributed by atoms with Gasteiger partial charge in [-0.15, -0.1) is 0 Å². The second-order valence-corrected chi connectivity index (χ2v) is 5.43. The van der Waals surface area contributed by atoms with Gasteiger partial charge in [-0.25, -0.2) is 0 Å². The molecule has 0 bridgehead atoms. The van der Waals surface area contributed by atoms with Crippen molar-refractivity contribution >= 4 is 11.6 Å². The molecule has 0 saturated heterocycles. The molecule has 1 aliphatic rings. The largest absolute Gasteiger partial charge is 0.491 e. The van der Waals surface area contributed by atoms with Gasteiger partial charge in [0.25, 0.3) is 0 Å². The normalized spacial score (nSPS) is 14.7. The van der Waals surface area contributed by atoms with Crippen LogP contribution in [0.15, 0.2) is 24.3 Å². The van der Waals surface area contributed by atoms with Crippen LogP contribution < -0.4 is 15.0 Å². The summed E-state index contributed by atoms with van der Waals surface area (Å²) in [4.78, 5) is 14.3. The fourth-order valence-corrected chi connectivity index (χ4v) is 2.35. The molecule has 1 N–H and O–H groups in total. The number of amides is 1. The Morgan fingerprint density at radius 2 is 2.20 bits per heavy atom. The molecule has 0 aromatic heterocycles. The van der Waals surface area contributed by atoms with Crippen LogP contribution in [0.4, 0.5) is 5.69 Å². The van der Waals surface area contributed by atoms with Gasteiger partial charge in [-0.1, -0.05) is 26.0 Å². The molecular weight excluding hydrogens is 252 g/mol. The number of nitrogens with one attached hydrogen (secondary N) is 1. The van der Waals surface area contributed by atoms with Gasteiger partial charge in [0.05, 0.1) is 12.3 Å². The average Bonchev–Trinajstić information content (AvgIpc) is 2.65. The number of benzene rings is 1. The Hall–Kier alpha value is -1.55. The lowest BCUT2D eigenvalue weighted by Gasteiger charge is -2.21. The number of rotatable bonds is 5. The minimum absolute atomic E-state index is 0.188. The topological polar surface area (TPSA) is 41.6 Å². The van der Waals surface area contributed by atoms with Crippen molar-refractivity contribution in [3.63, 3.8) is 0 Å². The first-order valence-electron chi connectivity index (χ1n) is 7.44. The number of hydrogen-bond acceptors (Lipinski definition) is 3. The highest BCUT2D eigenvalue weighted by atomic mass is 16.5. The highest BCUT2D eigenvalue weighted by Crippen LogP contribution is 2.30. The second-order valence-electron chi connectivity index (χ2n) is 5.43. The van der Waals surface area contributed by atoms with E-state index in [1.807, 2.05) is 29.2 Å². The predicted molar refractivity (Wildman–Crippen MR) is 81.3 cm³/mol. The van der Waals surface area contributed by atoms with Crippen LogP contribution in [0.2, 0.25) is 0 Å². The summed E-state index contributed by atoms with van der Waals surface area (Å²) in [6, 6.07) is 8.26. The maximum atomic E-state index is 12.4. The van der Waals surface area contributed by atoms with Crippen LogP contribution in [0.5, 0.6) is 5.75 Å². The summed E-state index contributed by atoms with van der Waals surface area (Å²) in [5.41, 5.74) is 0.909. The molecule has 1 heterocycles. The van der Waals surface area contributed by atoms with E-state index in [1.54, 1.807) is 0 Å². The third-order valence-electron chi connectivity index (χ3n) is 3.36. The van der Waals surface area contributed by atoms with Crippen molar-refractivity contribution in [2.75, 3.05) is 24.6 Å². The zero-order valence-electron chi connectivity index (χ0n) is 12.4. The summed E-state index contributed by atoms with van der Waals surface area (Å²) >= 11 is 0. The molecule has 0 aliphatic carbocycles. The number of carbonyl (C=O) groups excluding carboxylic acids is 1. The van der Waals surface area contributed by atoms with Crippen LogP contribution in [-0.2, 0) is 4.79 Å². The lowest BCUT2D eigenvalue weighted by Crippen LogP contribution is -2.32. The lowest BCUT2D eigenvalue weighted by atomic mass is 10.2. The molecule has 0 saturated carbocycles. The Labute approximate surface area is 121 Å². The molecule has 1 amide bonds. The van der Waals surface area contributed by atoms with E-state index >= 15 is 0 Å². The van der Waals surface area contributed by atoms with E-state index in [9.17, 15) is 4.79 Å². The minimum atomic E-state index is 0.188. The number of carbonyl (C=O) groups is 1. The van der Waals surface area contributed by atoms with Crippen molar-refractivity contribution in [3.05, 3.63) is 24.3 Å². The van der Waals surface area contributed by atoms with Gasteiger partial charge in [0, 0.05) is 19.0 Å². The van der Waals surface area contributed by atoms with E-state index in [1.165, 1.54) is 0 Å². The van der Waals surface area contributed by atoms with Crippen LogP contribution in [0.25, 0.3) is 0 Å². The quantitative estimate of drug-likeness (QED) is 0.840. The number of anilines is 1. The zero-order valence-corrected chi connectivity index (χ0v) is 12.4. The minimum Gasteiger partial charge on any atom is -0.491 e. The third-order valence-corrected chi connectivity index (χ3v) is 3.36. The summed E-state index contributed by atoms with van der Waals surface area (Å²) in [5.74, 6) is 1.01. The van der Waals surface area contributed by atoms with Crippen LogP contribution in [0.3, 0.4) is 0 Å². The Balaban J connectivity index is 1.95. The lowest BCUT2D eigenvalue weighted by molar-refractivity contribution is -0.118. The molecule has 20 heavy (non-hydrogen) atoms. The van der Waals surface area contributed by atoms with E-state index < -0.39 is 0 Å². The molecule has 4 nitrogen and oxygen atoms in total. The van der Waals surface area contributed by atoms with Crippen molar-refractivity contribution in [1.29, 1.82) is 0 Å². The molecular formula is C16H24N2O2. The number of nitrogens with zero attached hydrogens (tertiary/aromatic N) is 1. The van der Waals surface area contributed by atoms with E-state index in [4.69, 9.17) is 4.74 Å². The number of fused-ring (bicyclic) bond motifs is 1. The number of ether oxygens (including phenoxy) is 1. The molecule has 1 aliphatic heterocycles. The van der Waals surface area contributed by atoms with Gasteiger partial charge < -0.3 is 15.0 Å². The molecule has 2 rings (SSSR count). The van der Waals surface area contributed by atoms with E-state index in [2.05, 4.69) is 19.2 Å². The van der Waals surface area contributed by atoms with Gasteiger partial charge in [-0.05, 0) is 31.5 Å². The van der Waals surface area contributed by atoms with E-state index in [0.29, 0.717) is 19.1 Å². The summed E-state index contributed by atoms with van der Waals surface area (Å²) < 4.78 is 5.68. The van der Waals surface area contributed by atoms with Crippen LogP contribution in [-0.4, -0.2) is 31.6 Å². The van der Waals surface area contributed by atoms with Gasteiger partial charge in [0.1, 0.15) is 5.75 Å². The summed E-state index contributed by atoms with van der Waals surface area (Å²) in [7, 11) is 0. The fraction of sp³-hybridized carbons (Fsp3) is 0.562. The summed E-state index contributed by atoms with van der Waals surface area (Å²) in [6.07, 6.45) is 2.33. The third kappa shape index (κ3) is 3.97. The molecule has 0 spiro atoms. The van der Waals surface area contributed by atoms with Crippen molar-refractivity contribution in [1.82, 2.24) is 5.32 Å². The average molecular weight is 276 g/mol. The highest BCUT2D eigenvalue weighted by molar-refractivity contribution is 5.94. The highest BCUT2D eigenvalue weighted by Gasteiger charge is 2.21. The molecule has 0 unspecified atom stereocenters. The van der Waals surface area contributed by atoms with Gasteiger partial charge in [0.15, 0.2) is 0 Å². The van der Waals surface area contributed by atoms with Crippen LogP contribution in [0.1, 0.15) is 33.1 Å². The Bertz CT molecular complexity index is 446. The van der Waals surface area contributed by atoms with Crippen molar-refractivity contribution < 1.29 is 9.53 Å². The van der Waals surface area contributed by atoms with Gasteiger partial charge in [-0.2, -0.15) is 0 Å². The van der Waals surface area contributed by atoms with Crippen LogP contribution >= 0.6 is 0 Å². The summed E-state index contributed by atoms with van der Waals surface area (Å²) in [6.45, 7) is 6.53. The maximum absolute atomic E-state index is 12.4. The van der Waals surface area contributed by atoms with Crippen molar-refractivity contribution in [3.8, 4) is 5.75 Å². The maximum Gasteiger partial charge on any atom is 0.227 e. The first-order valence-corrected chi connectivity index (χ1v) is 7.44. The molecule has 4 heteroatoms. The number of hydrogen-bond donors (Lipinski definition) is 1. The first kappa shape index (κ1) is 14.9. The molecule has 1 aromatic carbocycles. The first-order chi connectivity index (χ1) is 9.68.